The molecule has 7 heteroatoms. The second kappa shape index (κ2) is 4.47. The predicted molar refractivity (Wildman–Crippen MR) is 50.5 cm³/mol. The maximum Gasteiger partial charge on any atom is 0.416 e. The number of rotatable bonds is 2. The second-order valence-corrected chi connectivity index (χ2v) is 2.70. The Morgan fingerprint density at radius 3 is 1.69 bits per heavy atom. The van der Waals surface area contributed by atoms with Crippen LogP contribution in [0.4, 0.5) is 4.79 Å². The zero-order valence-electron chi connectivity index (χ0n) is 8.59. The Hall–Kier alpha value is -2.31. The SMILES string of the molecule is COC(=O)c1ccc(C(=O)OC)n1C(=O)O. The Morgan fingerprint density at radius 1 is 1.06 bits per heavy atom. The van der Waals surface area contributed by atoms with Crippen LogP contribution in [-0.2, 0) is 9.47 Å². The number of carbonyl (C=O) groups is 3. The number of nitrogens with zero attached hydrogens (tertiary/aromatic N) is 1. The van der Waals surface area contributed by atoms with Gasteiger partial charge in [0, 0.05) is 0 Å². The van der Waals surface area contributed by atoms with Gasteiger partial charge in [-0.25, -0.2) is 19.0 Å². The van der Waals surface area contributed by atoms with Crippen LogP contribution in [0.15, 0.2) is 12.1 Å². The van der Waals surface area contributed by atoms with Crippen molar-refractivity contribution in [1.29, 1.82) is 0 Å². The molecular weight excluding hydrogens is 218 g/mol. The van der Waals surface area contributed by atoms with Crippen molar-refractivity contribution in [1.82, 2.24) is 4.57 Å². The number of ether oxygens (including phenoxy) is 2. The summed E-state index contributed by atoms with van der Waals surface area (Å²) in [5.41, 5.74) is -0.509. The molecule has 0 saturated carbocycles. The van der Waals surface area contributed by atoms with E-state index in [9.17, 15) is 14.4 Å². The van der Waals surface area contributed by atoms with Gasteiger partial charge in [-0.2, -0.15) is 0 Å². The third-order valence-electron chi connectivity index (χ3n) is 1.86. The first kappa shape index (κ1) is 11.8. The standard InChI is InChI=1S/C9H9NO6/c1-15-7(11)5-3-4-6(8(12)16-2)10(5)9(13)14/h3-4H,1-2H3,(H,13,14). The lowest BCUT2D eigenvalue weighted by Gasteiger charge is -2.05. The third kappa shape index (κ3) is 1.88. The summed E-state index contributed by atoms with van der Waals surface area (Å²) in [6.07, 6.45) is -1.47. The fraction of sp³-hybridized carbons (Fsp3) is 0.222. The summed E-state index contributed by atoms with van der Waals surface area (Å²) in [6.45, 7) is 0. The van der Waals surface area contributed by atoms with Crippen LogP contribution in [0.3, 0.4) is 0 Å². The Bertz CT molecular complexity index is 413. The molecule has 1 aromatic heterocycles. The van der Waals surface area contributed by atoms with E-state index in [0.717, 1.165) is 14.2 Å². The molecule has 0 spiro atoms. The van der Waals surface area contributed by atoms with Gasteiger partial charge < -0.3 is 14.6 Å². The molecule has 1 N–H and O–H groups in total. The van der Waals surface area contributed by atoms with Crippen LogP contribution in [0, 0.1) is 0 Å². The first-order valence-corrected chi connectivity index (χ1v) is 4.14. The van der Waals surface area contributed by atoms with E-state index in [0.29, 0.717) is 4.57 Å². The minimum absolute atomic E-state index is 0.254. The van der Waals surface area contributed by atoms with Gasteiger partial charge in [-0.05, 0) is 12.1 Å². The van der Waals surface area contributed by atoms with E-state index in [1.54, 1.807) is 0 Å². The molecule has 0 atom stereocenters. The number of aromatic nitrogens is 1. The largest absolute Gasteiger partial charge is 0.464 e. The average molecular weight is 227 g/mol. The molecule has 0 aliphatic carbocycles. The molecule has 0 aliphatic rings. The Kier molecular flexibility index (Phi) is 3.29. The van der Waals surface area contributed by atoms with Crippen molar-refractivity contribution in [3.63, 3.8) is 0 Å². The van der Waals surface area contributed by atoms with E-state index in [-0.39, 0.29) is 11.4 Å². The van der Waals surface area contributed by atoms with E-state index in [1.165, 1.54) is 12.1 Å². The molecule has 1 heterocycles. The average Bonchev–Trinajstić information content (AvgIpc) is 2.71. The summed E-state index contributed by atoms with van der Waals surface area (Å²) >= 11 is 0. The van der Waals surface area contributed by atoms with Gasteiger partial charge >= 0.3 is 18.0 Å². The molecule has 0 bridgehead atoms. The maximum atomic E-state index is 11.2. The number of carboxylic acid groups (broad SMARTS) is 1. The van der Waals surface area contributed by atoms with E-state index in [1.807, 2.05) is 0 Å². The topological polar surface area (TPSA) is 94.8 Å². The molecular formula is C9H9NO6. The van der Waals surface area contributed by atoms with Crippen molar-refractivity contribution in [2.45, 2.75) is 0 Å². The zero-order valence-corrected chi connectivity index (χ0v) is 8.59. The highest BCUT2D eigenvalue weighted by atomic mass is 16.5. The van der Waals surface area contributed by atoms with Gasteiger partial charge in [0.1, 0.15) is 11.4 Å². The van der Waals surface area contributed by atoms with Gasteiger partial charge in [0.15, 0.2) is 0 Å². The highest BCUT2D eigenvalue weighted by molar-refractivity contribution is 5.98. The van der Waals surface area contributed by atoms with E-state index < -0.39 is 18.0 Å². The van der Waals surface area contributed by atoms with Crippen molar-refractivity contribution in [3.8, 4) is 0 Å². The van der Waals surface area contributed by atoms with Gasteiger partial charge in [0.2, 0.25) is 0 Å². The van der Waals surface area contributed by atoms with Crippen LogP contribution in [0.25, 0.3) is 0 Å². The Balaban J connectivity index is 3.33. The van der Waals surface area contributed by atoms with E-state index >= 15 is 0 Å². The van der Waals surface area contributed by atoms with E-state index in [4.69, 9.17) is 5.11 Å². The normalized spacial score (nSPS) is 9.62. The molecule has 0 radical (unpaired) electrons. The van der Waals surface area contributed by atoms with Crippen LogP contribution in [-0.4, -0.2) is 41.9 Å². The van der Waals surface area contributed by atoms with Crippen LogP contribution in [0.1, 0.15) is 21.0 Å². The summed E-state index contributed by atoms with van der Waals surface area (Å²) in [7, 11) is 2.22. The lowest BCUT2D eigenvalue weighted by atomic mass is 10.4. The summed E-state index contributed by atoms with van der Waals surface area (Å²) in [5, 5.41) is 8.87. The Morgan fingerprint density at radius 2 is 1.44 bits per heavy atom. The molecule has 7 nitrogen and oxygen atoms in total. The van der Waals surface area contributed by atoms with Gasteiger partial charge in [0.25, 0.3) is 0 Å². The zero-order chi connectivity index (χ0) is 12.3. The fourth-order valence-electron chi connectivity index (χ4n) is 1.17. The summed E-state index contributed by atoms with van der Waals surface area (Å²) < 4.78 is 9.27. The fourth-order valence-corrected chi connectivity index (χ4v) is 1.17. The van der Waals surface area contributed by atoms with Crippen molar-refractivity contribution >= 4 is 18.0 Å². The first-order valence-electron chi connectivity index (χ1n) is 4.14. The molecule has 1 rings (SSSR count). The Labute approximate surface area is 90.2 Å². The van der Waals surface area contributed by atoms with Crippen LogP contribution < -0.4 is 0 Å². The van der Waals surface area contributed by atoms with Gasteiger partial charge in [-0.3, -0.25) is 0 Å². The highest BCUT2D eigenvalue weighted by Gasteiger charge is 2.24. The maximum absolute atomic E-state index is 11.2. The molecule has 0 saturated heterocycles. The van der Waals surface area contributed by atoms with Gasteiger partial charge in [0.05, 0.1) is 14.2 Å². The summed E-state index contributed by atoms with van der Waals surface area (Å²) in [4.78, 5) is 33.3. The monoisotopic (exact) mass is 227 g/mol. The number of carbonyl (C=O) groups excluding carboxylic acids is 2. The van der Waals surface area contributed by atoms with Crippen LogP contribution >= 0.6 is 0 Å². The van der Waals surface area contributed by atoms with E-state index in [2.05, 4.69) is 9.47 Å². The quantitative estimate of drug-likeness (QED) is 0.743. The lowest BCUT2D eigenvalue weighted by molar-refractivity contribution is 0.0576. The van der Waals surface area contributed by atoms with Crippen molar-refractivity contribution in [2.24, 2.45) is 0 Å². The molecule has 0 unspecified atom stereocenters. The number of hydrogen-bond donors (Lipinski definition) is 1. The smallest absolute Gasteiger partial charge is 0.416 e. The van der Waals surface area contributed by atoms with Crippen LogP contribution in [0.5, 0.6) is 0 Å². The minimum Gasteiger partial charge on any atom is -0.464 e. The molecule has 16 heavy (non-hydrogen) atoms. The van der Waals surface area contributed by atoms with Gasteiger partial charge in [-0.15, -0.1) is 0 Å². The predicted octanol–water partition coefficient (Wildman–Crippen LogP) is 0.587. The lowest BCUT2D eigenvalue weighted by Crippen LogP contribution is -2.21. The minimum atomic E-state index is -1.47. The molecule has 0 amide bonds. The molecule has 0 aromatic carbocycles. The molecule has 0 fully saturated rings. The molecule has 1 aromatic rings. The first-order chi connectivity index (χ1) is 7.52. The molecule has 0 aliphatic heterocycles. The van der Waals surface area contributed by atoms with Crippen molar-refractivity contribution in [3.05, 3.63) is 23.5 Å². The van der Waals surface area contributed by atoms with Crippen molar-refractivity contribution in [2.75, 3.05) is 14.2 Å². The number of methoxy groups -OCH3 is 2. The van der Waals surface area contributed by atoms with Gasteiger partial charge in [-0.1, -0.05) is 0 Å². The van der Waals surface area contributed by atoms with Crippen LogP contribution in [0.2, 0.25) is 0 Å². The van der Waals surface area contributed by atoms with Crippen molar-refractivity contribution < 1.29 is 29.0 Å². The second-order valence-electron chi connectivity index (χ2n) is 2.70. The molecule has 86 valence electrons. The number of hydrogen-bond acceptors (Lipinski definition) is 5. The number of esters is 2. The summed E-state index contributed by atoms with van der Waals surface area (Å²) in [6, 6.07) is 2.35. The summed E-state index contributed by atoms with van der Waals surface area (Å²) in [5.74, 6) is -1.70. The highest BCUT2D eigenvalue weighted by Crippen LogP contribution is 2.11. The third-order valence-corrected chi connectivity index (χ3v) is 1.86.